The van der Waals surface area contributed by atoms with Crippen molar-refractivity contribution in [2.75, 3.05) is 25.5 Å². The first kappa shape index (κ1) is 20.9. The molecule has 3 rings (SSSR count). The Bertz CT molecular complexity index is 845. The molecule has 154 valence electrons. The van der Waals surface area contributed by atoms with Crippen molar-refractivity contribution in [2.24, 2.45) is 11.8 Å². The Morgan fingerprint density at radius 3 is 2.59 bits per heavy atom. The molecule has 0 aromatic heterocycles. The number of carbonyl (C=O) groups excluding carboxylic acids is 2. The molecule has 2 aromatic rings. The van der Waals surface area contributed by atoms with Gasteiger partial charge in [0.15, 0.2) is 0 Å². The highest BCUT2D eigenvalue weighted by molar-refractivity contribution is 5.93. The molecule has 5 heteroatoms. The number of likely N-dealkylation sites (tertiary alicyclic amines) is 1. The largest absolute Gasteiger partial charge is 0.497 e. The third-order valence-corrected chi connectivity index (χ3v) is 5.28. The molecule has 0 radical (unpaired) electrons. The number of methoxy groups -OCH3 is 1. The zero-order valence-corrected chi connectivity index (χ0v) is 17.5. The molecule has 1 atom stereocenters. The molecule has 1 N–H and O–H groups in total. The highest BCUT2D eigenvalue weighted by Gasteiger charge is 2.28. The second-order valence-electron chi connectivity index (χ2n) is 8.08. The van der Waals surface area contributed by atoms with Gasteiger partial charge in [-0.15, -0.1) is 0 Å². The molecule has 0 saturated carbocycles. The van der Waals surface area contributed by atoms with E-state index in [0.717, 1.165) is 42.0 Å². The molecule has 2 amide bonds. The molecule has 29 heavy (non-hydrogen) atoms. The van der Waals surface area contributed by atoms with Crippen LogP contribution in [0.3, 0.4) is 0 Å². The lowest BCUT2D eigenvalue weighted by Gasteiger charge is -2.32. The standard InChI is InChI=1S/C24H30N2O3/c1-17(2)14-23(27)26-13-5-7-20(16-26)24(28)25-21-11-9-18(10-12-21)19-6-4-8-22(15-19)29-3/h4,6,8-12,15,17,20H,5,7,13-14,16H2,1-3H3,(H,25,28). The zero-order valence-electron chi connectivity index (χ0n) is 17.5. The summed E-state index contributed by atoms with van der Waals surface area (Å²) >= 11 is 0. The van der Waals surface area contributed by atoms with Gasteiger partial charge >= 0.3 is 0 Å². The van der Waals surface area contributed by atoms with Crippen LogP contribution < -0.4 is 10.1 Å². The van der Waals surface area contributed by atoms with Crippen LogP contribution in [0.4, 0.5) is 5.69 Å². The van der Waals surface area contributed by atoms with Crippen molar-refractivity contribution >= 4 is 17.5 Å². The predicted molar refractivity (Wildman–Crippen MR) is 116 cm³/mol. The average molecular weight is 395 g/mol. The Balaban J connectivity index is 1.61. The van der Waals surface area contributed by atoms with Crippen LogP contribution in [0.1, 0.15) is 33.1 Å². The minimum atomic E-state index is -0.155. The molecule has 1 aliphatic rings. The van der Waals surface area contributed by atoms with E-state index in [-0.39, 0.29) is 17.7 Å². The number of benzene rings is 2. The second kappa shape index (κ2) is 9.59. The normalized spacial score (nSPS) is 16.6. The van der Waals surface area contributed by atoms with Crippen molar-refractivity contribution in [3.63, 3.8) is 0 Å². The molecule has 1 unspecified atom stereocenters. The van der Waals surface area contributed by atoms with E-state index in [1.807, 2.05) is 67.3 Å². The molecule has 1 saturated heterocycles. The molecule has 0 spiro atoms. The number of carbonyl (C=O) groups is 2. The van der Waals surface area contributed by atoms with Crippen LogP contribution in [0, 0.1) is 11.8 Å². The lowest BCUT2D eigenvalue weighted by atomic mass is 9.96. The number of rotatable bonds is 6. The molecule has 5 nitrogen and oxygen atoms in total. The number of hydrogen-bond donors (Lipinski definition) is 1. The number of piperidine rings is 1. The predicted octanol–water partition coefficient (Wildman–Crippen LogP) is 4.59. The zero-order chi connectivity index (χ0) is 20.8. The maximum absolute atomic E-state index is 12.7. The van der Waals surface area contributed by atoms with E-state index in [4.69, 9.17) is 4.74 Å². The van der Waals surface area contributed by atoms with Crippen molar-refractivity contribution < 1.29 is 14.3 Å². The molecule has 2 aromatic carbocycles. The summed E-state index contributed by atoms with van der Waals surface area (Å²) in [6.07, 6.45) is 2.23. The highest BCUT2D eigenvalue weighted by atomic mass is 16.5. The summed E-state index contributed by atoms with van der Waals surface area (Å²) in [4.78, 5) is 26.9. The Morgan fingerprint density at radius 1 is 1.14 bits per heavy atom. The second-order valence-corrected chi connectivity index (χ2v) is 8.08. The van der Waals surface area contributed by atoms with Crippen LogP contribution in [0.5, 0.6) is 5.75 Å². The summed E-state index contributed by atoms with van der Waals surface area (Å²) in [5.74, 6) is 1.13. The van der Waals surface area contributed by atoms with Gasteiger partial charge in [-0.25, -0.2) is 0 Å². The Kier molecular flexibility index (Phi) is 6.91. The number of anilines is 1. The summed E-state index contributed by atoms with van der Waals surface area (Å²) in [7, 11) is 1.65. The van der Waals surface area contributed by atoms with E-state index in [2.05, 4.69) is 5.32 Å². The SMILES string of the molecule is COc1cccc(-c2ccc(NC(=O)C3CCCN(C(=O)CC(C)C)C3)cc2)c1. The average Bonchev–Trinajstić information content (AvgIpc) is 2.74. The van der Waals surface area contributed by atoms with Crippen LogP contribution in [0.2, 0.25) is 0 Å². The van der Waals surface area contributed by atoms with Gasteiger partial charge in [0.05, 0.1) is 13.0 Å². The fourth-order valence-corrected chi connectivity index (χ4v) is 3.69. The lowest BCUT2D eigenvalue weighted by Crippen LogP contribution is -2.44. The molecular formula is C24H30N2O3. The molecular weight excluding hydrogens is 364 g/mol. The van der Waals surface area contributed by atoms with E-state index in [1.165, 1.54) is 0 Å². The molecule has 1 aliphatic heterocycles. The smallest absolute Gasteiger partial charge is 0.229 e. The maximum Gasteiger partial charge on any atom is 0.229 e. The minimum Gasteiger partial charge on any atom is -0.497 e. The topological polar surface area (TPSA) is 58.6 Å². The minimum absolute atomic E-state index is 0.0128. The van der Waals surface area contributed by atoms with E-state index < -0.39 is 0 Å². The van der Waals surface area contributed by atoms with Crippen molar-refractivity contribution in [1.82, 2.24) is 4.90 Å². The van der Waals surface area contributed by atoms with Gasteiger partial charge in [0, 0.05) is 25.2 Å². The number of nitrogens with one attached hydrogen (secondary N) is 1. The highest BCUT2D eigenvalue weighted by Crippen LogP contribution is 2.26. The fraction of sp³-hybridized carbons (Fsp3) is 0.417. The van der Waals surface area contributed by atoms with E-state index in [1.54, 1.807) is 7.11 Å². The van der Waals surface area contributed by atoms with Crippen LogP contribution >= 0.6 is 0 Å². The summed E-state index contributed by atoms with van der Waals surface area (Å²) < 4.78 is 5.28. The van der Waals surface area contributed by atoms with Gasteiger partial charge < -0.3 is 15.0 Å². The van der Waals surface area contributed by atoms with Gasteiger partial charge in [0.1, 0.15) is 5.75 Å². The van der Waals surface area contributed by atoms with Gasteiger partial charge in [0.2, 0.25) is 11.8 Å². The monoisotopic (exact) mass is 394 g/mol. The quantitative estimate of drug-likeness (QED) is 0.780. The van der Waals surface area contributed by atoms with Gasteiger partial charge in [-0.05, 0) is 54.2 Å². The number of hydrogen-bond acceptors (Lipinski definition) is 3. The van der Waals surface area contributed by atoms with Crippen molar-refractivity contribution in [2.45, 2.75) is 33.1 Å². The van der Waals surface area contributed by atoms with Crippen molar-refractivity contribution in [3.8, 4) is 16.9 Å². The Labute approximate surface area is 173 Å². The summed E-state index contributed by atoms with van der Waals surface area (Å²) in [6.45, 7) is 5.35. The maximum atomic E-state index is 12.7. The third-order valence-electron chi connectivity index (χ3n) is 5.28. The van der Waals surface area contributed by atoms with Crippen LogP contribution in [0.25, 0.3) is 11.1 Å². The lowest BCUT2D eigenvalue weighted by molar-refractivity contribution is -0.135. The molecule has 1 fully saturated rings. The fourth-order valence-electron chi connectivity index (χ4n) is 3.69. The first-order valence-electron chi connectivity index (χ1n) is 10.3. The van der Waals surface area contributed by atoms with E-state index >= 15 is 0 Å². The summed E-state index contributed by atoms with van der Waals surface area (Å²) in [5, 5.41) is 3.01. The summed E-state index contributed by atoms with van der Waals surface area (Å²) in [6, 6.07) is 15.7. The molecule has 1 heterocycles. The number of amides is 2. The van der Waals surface area contributed by atoms with Gasteiger partial charge in [-0.2, -0.15) is 0 Å². The Hall–Kier alpha value is -2.82. The van der Waals surface area contributed by atoms with Crippen LogP contribution in [0.15, 0.2) is 48.5 Å². The third kappa shape index (κ3) is 5.59. The molecule has 0 bridgehead atoms. The van der Waals surface area contributed by atoms with Crippen molar-refractivity contribution in [3.05, 3.63) is 48.5 Å². The van der Waals surface area contributed by atoms with Crippen LogP contribution in [-0.4, -0.2) is 36.9 Å². The van der Waals surface area contributed by atoms with Crippen molar-refractivity contribution in [1.29, 1.82) is 0 Å². The number of ether oxygens (including phenoxy) is 1. The first-order valence-corrected chi connectivity index (χ1v) is 10.3. The van der Waals surface area contributed by atoms with E-state index in [0.29, 0.717) is 18.9 Å². The van der Waals surface area contributed by atoms with Crippen LogP contribution in [-0.2, 0) is 9.59 Å². The summed E-state index contributed by atoms with van der Waals surface area (Å²) in [5.41, 5.74) is 2.89. The molecule has 0 aliphatic carbocycles. The first-order chi connectivity index (χ1) is 14.0. The van der Waals surface area contributed by atoms with Gasteiger partial charge in [0.25, 0.3) is 0 Å². The Morgan fingerprint density at radius 2 is 1.90 bits per heavy atom. The van der Waals surface area contributed by atoms with Gasteiger partial charge in [-0.1, -0.05) is 38.1 Å². The van der Waals surface area contributed by atoms with Gasteiger partial charge in [-0.3, -0.25) is 9.59 Å². The number of nitrogens with zero attached hydrogens (tertiary/aromatic N) is 1. The van der Waals surface area contributed by atoms with E-state index in [9.17, 15) is 9.59 Å².